The van der Waals surface area contributed by atoms with Crippen molar-refractivity contribution in [2.24, 2.45) is 5.41 Å². The van der Waals surface area contributed by atoms with E-state index in [1.54, 1.807) is 37.4 Å². The van der Waals surface area contributed by atoms with Crippen molar-refractivity contribution in [1.82, 2.24) is 5.32 Å². The number of amides is 2. The van der Waals surface area contributed by atoms with Crippen LogP contribution >= 0.6 is 0 Å². The molecule has 2 aromatic carbocycles. The molecule has 2 amide bonds. The lowest BCUT2D eigenvalue weighted by molar-refractivity contribution is -0.128. The number of rotatable bonds is 5. The summed E-state index contributed by atoms with van der Waals surface area (Å²) < 4.78 is 5.14. The second-order valence-electron chi connectivity index (χ2n) is 7.04. The maximum Gasteiger partial charge on any atom is 0.255 e. The van der Waals surface area contributed by atoms with Crippen molar-refractivity contribution in [3.63, 3.8) is 0 Å². The third kappa shape index (κ3) is 4.99. The molecule has 0 aliphatic rings. The van der Waals surface area contributed by atoms with Crippen LogP contribution in [0.15, 0.2) is 42.5 Å². The molecule has 0 aliphatic heterocycles. The van der Waals surface area contributed by atoms with Crippen molar-refractivity contribution >= 4 is 23.2 Å². The lowest BCUT2D eigenvalue weighted by atomic mass is 9.95. The van der Waals surface area contributed by atoms with E-state index < -0.39 is 5.41 Å². The molecule has 6 heteroatoms. The Balaban J connectivity index is 2.02. The van der Waals surface area contributed by atoms with E-state index in [0.29, 0.717) is 29.2 Å². The number of nitrogen functional groups attached to an aromatic ring is 1. The molecule has 0 heterocycles. The highest BCUT2D eigenvalue weighted by molar-refractivity contribution is 6.05. The van der Waals surface area contributed by atoms with Gasteiger partial charge in [-0.3, -0.25) is 9.59 Å². The fourth-order valence-corrected chi connectivity index (χ4v) is 2.19. The maximum atomic E-state index is 12.4. The summed E-state index contributed by atoms with van der Waals surface area (Å²) in [5.41, 5.74) is 7.82. The van der Waals surface area contributed by atoms with Gasteiger partial charge in [-0.1, -0.05) is 32.9 Å². The van der Waals surface area contributed by atoms with E-state index in [0.717, 1.165) is 5.56 Å². The molecule has 0 atom stereocenters. The van der Waals surface area contributed by atoms with Crippen LogP contribution in [0.25, 0.3) is 0 Å². The van der Waals surface area contributed by atoms with E-state index in [1.165, 1.54) is 0 Å². The standard InChI is InChI=1S/C20H25N3O3/c1-20(2,3)19(25)22-12-13-5-7-14(8-6-13)18(24)23-17-11-15(26-4)9-10-16(17)21/h5-11H,12,21H2,1-4H3,(H,22,25)(H,23,24). The molecule has 0 saturated heterocycles. The van der Waals surface area contributed by atoms with E-state index in [-0.39, 0.29) is 11.8 Å². The van der Waals surface area contributed by atoms with Gasteiger partial charge in [0.15, 0.2) is 0 Å². The summed E-state index contributed by atoms with van der Waals surface area (Å²) >= 11 is 0. The van der Waals surface area contributed by atoms with E-state index in [4.69, 9.17) is 10.5 Å². The lowest BCUT2D eigenvalue weighted by Crippen LogP contribution is -2.34. The fraction of sp³-hybridized carbons (Fsp3) is 0.300. The molecule has 138 valence electrons. The molecule has 0 spiro atoms. The molecule has 26 heavy (non-hydrogen) atoms. The van der Waals surface area contributed by atoms with Crippen molar-refractivity contribution in [1.29, 1.82) is 0 Å². The first kappa shape index (κ1) is 19.3. The number of carbonyl (C=O) groups is 2. The van der Waals surface area contributed by atoms with Gasteiger partial charge in [-0.15, -0.1) is 0 Å². The summed E-state index contributed by atoms with van der Waals surface area (Å²) in [6.45, 7) is 6.00. The molecule has 6 nitrogen and oxygen atoms in total. The van der Waals surface area contributed by atoms with Gasteiger partial charge >= 0.3 is 0 Å². The summed E-state index contributed by atoms with van der Waals surface area (Å²) in [4.78, 5) is 24.3. The molecule has 0 aliphatic carbocycles. The Labute approximate surface area is 153 Å². The van der Waals surface area contributed by atoms with Crippen LogP contribution in [0.3, 0.4) is 0 Å². The Morgan fingerprint density at radius 1 is 1.08 bits per heavy atom. The molecule has 4 N–H and O–H groups in total. The largest absolute Gasteiger partial charge is 0.497 e. The first-order valence-electron chi connectivity index (χ1n) is 8.33. The number of nitrogens with two attached hydrogens (primary N) is 1. The average molecular weight is 355 g/mol. The number of carbonyl (C=O) groups excluding carboxylic acids is 2. The molecule has 2 aromatic rings. The highest BCUT2D eigenvalue weighted by atomic mass is 16.5. The molecule has 0 bridgehead atoms. The summed E-state index contributed by atoms with van der Waals surface area (Å²) in [6, 6.07) is 12.1. The van der Waals surface area contributed by atoms with Gasteiger partial charge in [-0.2, -0.15) is 0 Å². The second-order valence-corrected chi connectivity index (χ2v) is 7.04. The molecule has 0 unspecified atom stereocenters. The number of ether oxygens (including phenoxy) is 1. The number of hydrogen-bond acceptors (Lipinski definition) is 4. The SMILES string of the molecule is COc1ccc(N)c(NC(=O)c2ccc(CNC(=O)C(C)(C)C)cc2)c1. The Kier molecular flexibility index (Phi) is 5.87. The van der Waals surface area contributed by atoms with Crippen molar-refractivity contribution < 1.29 is 14.3 Å². The number of nitrogens with one attached hydrogen (secondary N) is 2. The van der Waals surface area contributed by atoms with E-state index >= 15 is 0 Å². The quantitative estimate of drug-likeness (QED) is 0.718. The van der Waals surface area contributed by atoms with Gasteiger partial charge in [-0.05, 0) is 29.8 Å². The Morgan fingerprint density at radius 2 is 1.73 bits per heavy atom. The highest BCUT2D eigenvalue weighted by Crippen LogP contribution is 2.25. The van der Waals surface area contributed by atoms with Gasteiger partial charge in [0.2, 0.25) is 5.91 Å². The van der Waals surface area contributed by atoms with Gasteiger partial charge in [0.1, 0.15) is 5.75 Å². The molecule has 2 rings (SSSR count). The summed E-state index contributed by atoms with van der Waals surface area (Å²) in [5.74, 6) is 0.322. The van der Waals surface area contributed by atoms with E-state index in [2.05, 4.69) is 10.6 Å². The van der Waals surface area contributed by atoms with Crippen LogP contribution in [-0.4, -0.2) is 18.9 Å². The molecule has 0 saturated carbocycles. The first-order chi connectivity index (χ1) is 12.2. The predicted octanol–water partition coefficient (Wildman–Crippen LogP) is 3.19. The fourth-order valence-electron chi connectivity index (χ4n) is 2.19. The van der Waals surface area contributed by atoms with Gasteiger partial charge < -0.3 is 21.1 Å². The van der Waals surface area contributed by atoms with Gasteiger partial charge in [0.05, 0.1) is 18.5 Å². The maximum absolute atomic E-state index is 12.4. The van der Waals surface area contributed by atoms with Crippen LogP contribution in [0.2, 0.25) is 0 Å². The molecule has 0 aromatic heterocycles. The first-order valence-corrected chi connectivity index (χ1v) is 8.33. The van der Waals surface area contributed by atoms with Crippen LogP contribution in [0.5, 0.6) is 5.75 Å². The summed E-state index contributed by atoms with van der Waals surface area (Å²) in [7, 11) is 1.55. The van der Waals surface area contributed by atoms with E-state index in [9.17, 15) is 9.59 Å². The molecule has 0 radical (unpaired) electrons. The van der Waals surface area contributed by atoms with Gasteiger partial charge in [0, 0.05) is 23.6 Å². The summed E-state index contributed by atoms with van der Waals surface area (Å²) in [5, 5.41) is 5.65. The minimum atomic E-state index is -0.434. The Bertz CT molecular complexity index is 793. The normalized spacial score (nSPS) is 10.9. The van der Waals surface area contributed by atoms with Crippen molar-refractivity contribution in [2.45, 2.75) is 27.3 Å². The zero-order chi connectivity index (χ0) is 19.3. The number of methoxy groups -OCH3 is 1. The lowest BCUT2D eigenvalue weighted by Gasteiger charge is -2.17. The monoisotopic (exact) mass is 355 g/mol. The van der Waals surface area contributed by atoms with Crippen LogP contribution in [0.1, 0.15) is 36.7 Å². The van der Waals surface area contributed by atoms with Crippen LogP contribution in [-0.2, 0) is 11.3 Å². The van der Waals surface area contributed by atoms with Crippen molar-refractivity contribution in [3.05, 3.63) is 53.6 Å². The predicted molar refractivity (Wildman–Crippen MR) is 103 cm³/mol. The third-order valence-corrected chi connectivity index (χ3v) is 3.86. The smallest absolute Gasteiger partial charge is 0.255 e. The van der Waals surface area contributed by atoms with Crippen molar-refractivity contribution in [2.75, 3.05) is 18.2 Å². The van der Waals surface area contributed by atoms with Crippen molar-refractivity contribution in [3.8, 4) is 5.75 Å². The average Bonchev–Trinajstić information content (AvgIpc) is 2.61. The van der Waals surface area contributed by atoms with E-state index in [1.807, 2.05) is 32.9 Å². The second kappa shape index (κ2) is 7.91. The minimum absolute atomic E-state index is 0.0205. The minimum Gasteiger partial charge on any atom is -0.497 e. The van der Waals surface area contributed by atoms with Crippen LogP contribution < -0.4 is 21.1 Å². The molecular weight excluding hydrogens is 330 g/mol. The highest BCUT2D eigenvalue weighted by Gasteiger charge is 2.20. The van der Waals surface area contributed by atoms with Gasteiger partial charge in [0.25, 0.3) is 5.91 Å². The zero-order valence-electron chi connectivity index (χ0n) is 15.6. The Hall–Kier alpha value is -3.02. The topological polar surface area (TPSA) is 93.4 Å². The number of anilines is 2. The van der Waals surface area contributed by atoms with Crippen LogP contribution in [0.4, 0.5) is 11.4 Å². The number of hydrogen-bond donors (Lipinski definition) is 3. The number of benzene rings is 2. The third-order valence-electron chi connectivity index (χ3n) is 3.86. The molecule has 0 fully saturated rings. The van der Waals surface area contributed by atoms with Crippen LogP contribution in [0, 0.1) is 5.41 Å². The molecular formula is C20H25N3O3. The van der Waals surface area contributed by atoms with Gasteiger partial charge in [-0.25, -0.2) is 0 Å². The summed E-state index contributed by atoms with van der Waals surface area (Å²) in [6.07, 6.45) is 0. The zero-order valence-corrected chi connectivity index (χ0v) is 15.6. The Morgan fingerprint density at radius 3 is 2.31 bits per heavy atom.